The molecule has 0 amide bonds. The molecule has 1 aliphatic carbocycles. The van der Waals surface area contributed by atoms with Crippen LogP contribution in [0.1, 0.15) is 66.4 Å². The van der Waals surface area contributed by atoms with Crippen LogP contribution in [-0.4, -0.2) is 11.7 Å². The summed E-state index contributed by atoms with van der Waals surface area (Å²) in [4.78, 5) is 0. The van der Waals surface area contributed by atoms with Gasteiger partial charge in [-0.05, 0) is 54.4 Å². The number of aryl methyl sites for hydroxylation is 1. The fourth-order valence-electron chi connectivity index (χ4n) is 4.01. The van der Waals surface area contributed by atoms with E-state index in [1.165, 1.54) is 22.3 Å². The highest BCUT2D eigenvalue weighted by Crippen LogP contribution is 2.42. The zero-order valence-corrected chi connectivity index (χ0v) is 14.1. The van der Waals surface area contributed by atoms with Gasteiger partial charge in [-0.3, -0.25) is 0 Å². The molecule has 3 rings (SSSR count). The molecule has 2 aromatic carbocycles. The molecule has 1 aliphatic rings. The van der Waals surface area contributed by atoms with Gasteiger partial charge in [-0.15, -0.1) is 0 Å². The number of benzene rings is 2. The number of nitrogens with one attached hydrogen (secondary N) is 1. The lowest BCUT2D eigenvalue weighted by Gasteiger charge is -2.24. The van der Waals surface area contributed by atoms with Crippen LogP contribution in [0.15, 0.2) is 48.5 Å². The monoisotopic (exact) mass is 309 g/mol. The van der Waals surface area contributed by atoms with E-state index in [9.17, 15) is 5.11 Å². The van der Waals surface area contributed by atoms with E-state index in [1.807, 2.05) is 0 Å². The largest absolute Gasteiger partial charge is 0.396 e. The Morgan fingerprint density at radius 3 is 2.65 bits per heavy atom. The van der Waals surface area contributed by atoms with Crippen molar-refractivity contribution in [3.8, 4) is 0 Å². The smallest absolute Gasteiger partial charge is 0.0431 e. The van der Waals surface area contributed by atoms with E-state index in [2.05, 4.69) is 67.7 Å². The zero-order valence-electron chi connectivity index (χ0n) is 14.1. The molecular formula is C21H27NO. The number of hydrogen-bond donors (Lipinski definition) is 2. The van der Waals surface area contributed by atoms with Crippen molar-refractivity contribution in [1.29, 1.82) is 0 Å². The molecule has 0 aromatic heterocycles. The minimum Gasteiger partial charge on any atom is -0.396 e. The molecule has 0 aliphatic heterocycles. The highest BCUT2D eigenvalue weighted by atomic mass is 16.2. The minimum atomic E-state index is 0.252. The Kier molecular flexibility index (Phi) is 5.14. The third kappa shape index (κ3) is 3.49. The van der Waals surface area contributed by atoms with Crippen LogP contribution >= 0.6 is 0 Å². The van der Waals surface area contributed by atoms with Crippen LogP contribution in [0.2, 0.25) is 0 Å². The summed E-state index contributed by atoms with van der Waals surface area (Å²) in [6.07, 6.45) is 2.95. The van der Waals surface area contributed by atoms with Gasteiger partial charge in [0.25, 0.3) is 0 Å². The summed E-state index contributed by atoms with van der Waals surface area (Å²) in [5.41, 5.74) is 5.71. The first-order chi connectivity index (χ1) is 11.2. The average molecular weight is 309 g/mol. The molecule has 122 valence electrons. The second kappa shape index (κ2) is 7.29. The van der Waals surface area contributed by atoms with E-state index in [1.54, 1.807) is 0 Å². The second-order valence-electron chi connectivity index (χ2n) is 6.76. The maximum absolute atomic E-state index is 9.23. The van der Waals surface area contributed by atoms with Crippen molar-refractivity contribution >= 4 is 0 Å². The third-order valence-corrected chi connectivity index (χ3v) is 5.07. The van der Waals surface area contributed by atoms with Crippen LogP contribution in [-0.2, 0) is 0 Å². The topological polar surface area (TPSA) is 32.3 Å². The number of fused-ring (bicyclic) bond motifs is 1. The Hall–Kier alpha value is -1.64. The van der Waals surface area contributed by atoms with E-state index in [0.29, 0.717) is 18.0 Å². The van der Waals surface area contributed by atoms with E-state index in [4.69, 9.17) is 0 Å². The van der Waals surface area contributed by atoms with Crippen molar-refractivity contribution in [2.24, 2.45) is 0 Å². The lowest BCUT2D eigenvalue weighted by molar-refractivity contribution is 0.271. The van der Waals surface area contributed by atoms with Gasteiger partial charge in [0, 0.05) is 18.7 Å². The first kappa shape index (κ1) is 16.2. The van der Waals surface area contributed by atoms with Gasteiger partial charge in [0.05, 0.1) is 0 Å². The van der Waals surface area contributed by atoms with Gasteiger partial charge < -0.3 is 10.4 Å². The van der Waals surface area contributed by atoms with Crippen molar-refractivity contribution in [3.05, 3.63) is 70.8 Å². The average Bonchev–Trinajstić information content (AvgIpc) is 2.89. The van der Waals surface area contributed by atoms with Crippen molar-refractivity contribution in [1.82, 2.24) is 5.32 Å². The Morgan fingerprint density at radius 2 is 1.91 bits per heavy atom. The van der Waals surface area contributed by atoms with Crippen molar-refractivity contribution < 1.29 is 5.11 Å². The quantitative estimate of drug-likeness (QED) is 0.814. The molecule has 3 atom stereocenters. The lowest BCUT2D eigenvalue weighted by Crippen LogP contribution is -2.25. The number of hydrogen-bond acceptors (Lipinski definition) is 2. The predicted octanol–water partition coefficient (Wildman–Crippen LogP) is 4.65. The Labute approximate surface area is 139 Å². The first-order valence-electron chi connectivity index (χ1n) is 8.72. The predicted molar refractivity (Wildman–Crippen MR) is 95.6 cm³/mol. The Bertz CT molecular complexity index is 638. The molecular weight excluding hydrogens is 282 g/mol. The molecule has 0 saturated heterocycles. The van der Waals surface area contributed by atoms with E-state index in [-0.39, 0.29) is 6.61 Å². The summed E-state index contributed by atoms with van der Waals surface area (Å²) in [5, 5.41) is 13.1. The van der Waals surface area contributed by atoms with Crippen LogP contribution < -0.4 is 5.32 Å². The van der Waals surface area contributed by atoms with Crippen LogP contribution in [0.4, 0.5) is 0 Å². The molecule has 0 fully saturated rings. The summed E-state index contributed by atoms with van der Waals surface area (Å²) in [7, 11) is 0. The summed E-state index contributed by atoms with van der Waals surface area (Å²) < 4.78 is 0. The summed E-state index contributed by atoms with van der Waals surface area (Å²) in [6.45, 7) is 4.80. The van der Waals surface area contributed by atoms with Gasteiger partial charge in [-0.2, -0.15) is 0 Å². The van der Waals surface area contributed by atoms with Gasteiger partial charge in [-0.1, -0.05) is 55.5 Å². The number of rotatable bonds is 6. The van der Waals surface area contributed by atoms with Crippen LogP contribution in [0.5, 0.6) is 0 Å². The molecule has 0 radical (unpaired) electrons. The van der Waals surface area contributed by atoms with E-state index in [0.717, 1.165) is 19.3 Å². The first-order valence-corrected chi connectivity index (χ1v) is 8.72. The molecule has 0 saturated carbocycles. The molecule has 0 bridgehead atoms. The van der Waals surface area contributed by atoms with Crippen molar-refractivity contribution in [2.45, 2.75) is 51.1 Å². The molecule has 2 nitrogen and oxygen atoms in total. The summed E-state index contributed by atoms with van der Waals surface area (Å²) in [6, 6.07) is 18.0. The molecule has 2 heteroatoms. The molecule has 0 spiro atoms. The standard InChI is InChI=1S/C21H27NO/c1-15-8-6-11-18-20(14-16(2)21(15)18)22-19(12-7-13-23)17-9-4-3-5-10-17/h3-6,8-11,16,19-20,22-23H,7,12-14H2,1-2H3. The van der Waals surface area contributed by atoms with E-state index < -0.39 is 0 Å². The molecule has 3 unspecified atom stereocenters. The Balaban J connectivity index is 1.83. The fraction of sp³-hybridized carbons (Fsp3) is 0.429. The van der Waals surface area contributed by atoms with Gasteiger partial charge in [0.15, 0.2) is 0 Å². The lowest BCUT2D eigenvalue weighted by atomic mass is 9.98. The van der Waals surface area contributed by atoms with Crippen molar-refractivity contribution in [2.75, 3.05) is 6.61 Å². The number of aliphatic hydroxyl groups excluding tert-OH is 1. The maximum Gasteiger partial charge on any atom is 0.0431 e. The molecule has 23 heavy (non-hydrogen) atoms. The van der Waals surface area contributed by atoms with Crippen LogP contribution in [0.25, 0.3) is 0 Å². The third-order valence-electron chi connectivity index (χ3n) is 5.07. The molecule has 0 heterocycles. The van der Waals surface area contributed by atoms with Gasteiger partial charge in [0.1, 0.15) is 0 Å². The van der Waals surface area contributed by atoms with Gasteiger partial charge >= 0.3 is 0 Å². The number of aliphatic hydroxyl groups is 1. The second-order valence-corrected chi connectivity index (χ2v) is 6.76. The Morgan fingerprint density at radius 1 is 1.13 bits per heavy atom. The van der Waals surface area contributed by atoms with Crippen molar-refractivity contribution in [3.63, 3.8) is 0 Å². The highest BCUT2D eigenvalue weighted by Gasteiger charge is 2.30. The normalized spacial score (nSPS) is 21.2. The van der Waals surface area contributed by atoms with Gasteiger partial charge in [-0.25, -0.2) is 0 Å². The van der Waals surface area contributed by atoms with E-state index >= 15 is 0 Å². The van der Waals surface area contributed by atoms with Crippen LogP contribution in [0, 0.1) is 6.92 Å². The van der Waals surface area contributed by atoms with Gasteiger partial charge in [0.2, 0.25) is 0 Å². The SMILES string of the molecule is Cc1cccc2c1C(C)CC2NC(CCCO)c1ccccc1. The maximum atomic E-state index is 9.23. The zero-order chi connectivity index (χ0) is 16.2. The minimum absolute atomic E-state index is 0.252. The van der Waals surface area contributed by atoms with Crippen LogP contribution in [0.3, 0.4) is 0 Å². The summed E-state index contributed by atoms with van der Waals surface area (Å²) >= 11 is 0. The highest BCUT2D eigenvalue weighted by molar-refractivity contribution is 5.43. The fourth-order valence-corrected chi connectivity index (χ4v) is 4.01. The summed E-state index contributed by atoms with van der Waals surface area (Å²) in [5.74, 6) is 0.609. The molecule has 2 N–H and O–H groups in total. The molecule has 2 aromatic rings.